The second-order valence-corrected chi connectivity index (χ2v) is 3.90. The van der Waals surface area contributed by atoms with Crippen molar-refractivity contribution < 1.29 is 19.1 Å². The maximum absolute atomic E-state index is 11.3. The van der Waals surface area contributed by atoms with E-state index in [2.05, 4.69) is 0 Å². The Morgan fingerprint density at radius 1 is 1.36 bits per heavy atom. The SMILES string of the molecule is O=CC[C@@H]1OC2(CCCCC2)OC1=O. The van der Waals surface area contributed by atoms with E-state index in [4.69, 9.17) is 9.47 Å². The predicted molar refractivity (Wildman–Crippen MR) is 47.5 cm³/mol. The average molecular weight is 198 g/mol. The first-order valence-electron chi connectivity index (χ1n) is 5.10. The summed E-state index contributed by atoms with van der Waals surface area (Å²) < 4.78 is 10.8. The van der Waals surface area contributed by atoms with Gasteiger partial charge in [0.15, 0.2) is 6.10 Å². The van der Waals surface area contributed by atoms with E-state index in [1.807, 2.05) is 0 Å². The summed E-state index contributed by atoms with van der Waals surface area (Å²) in [6.07, 6.45) is 4.92. The molecule has 0 bridgehead atoms. The highest BCUT2D eigenvalue weighted by atomic mass is 16.8. The molecule has 0 N–H and O–H groups in total. The van der Waals surface area contributed by atoms with E-state index in [1.54, 1.807) is 0 Å². The topological polar surface area (TPSA) is 52.6 Å². The summed E-state index contributed by atoms with van der Waals surface area (Å²) >= 11 is 0. The van der Waals surface area contributed by atoms with Gasteiger partial charge in [-0.25, -0.2) is 4.79 Å². The molecule has 1 atom stereocenters. The molecule has 1 saturated heterocycles. The van der Waals surface area contributed by atoms with Gasteiger partial charge in [-0.1, -0.05) is 6.42 Å². The molecule has 2 fully saturated rings. The lowest BCUT2D eigenvalue weighted by atomic mass is 9.94. The number of hydrogen-bond acceptors (Lipinski definition) is 4. The van der Waals surface area contributed by atoms with Crippen LogP contribution in [0, 0.1) is 0 Å². The van der Waals surface area contributed by atoms with Crippen LogP contribution in [-0.4, -0.2) is 24.1 Å². The molecule has 14 heavy (non-hydrogen) atoms. The lowest BCUT2D eigenvalue weighted by Gasteiger charge is -2.30. The van der Waals surface area contributed by atoms with Crippen LogP contribution >= 0.6 is 0 Å². The van der Waals surface area contributed by atoms with E-state index in [1.165, 1.54) is 6.42 Å². The summed E-state index contributed by atoms with van der Waals surface area (Å²) in [7, 11) is 0. The third kappa shape index (κ3) is 1.66. The van der Waals surface area contributed by atoms with Gasteiger partial charge < -0.3 is 14.3 Å². The number of carbonyl (C=O) groups is 2. The number of rotatable bonds is 2. The van der Waals surface area contributed by atoms with Crippen LogP contribution in [0.4, 0.5) is 0 Å². The minimum atomic E-state index is -0.691. The van der Waals surface area contributed by atoms with E-state index >= 15 is 0 Å². The maximum atomic E-state index is 11.3. The molecule has 1 spiro atoms. The van der Waals surface area contributed by atoms with Gasteiger partial charge in [-0.15, -0.1) is 0 Å². The van der Waals surface area contributed by atoms with Crippen molar-refractivity contribution in [2.75, 3.05) is 0 Å². The van der Waals surface area contributed by atoms with Crippen molar-refractivity contribution in [1.82, 2.24) is 0 Å². The molecule has 78 valence electrons. The summed E-state index contributed by atoms with van der Waals surface area (Å²) in [4.78, 5) is 21.6. The zero-order valence-corrected chi connectivity index (χ0v) is 8.03. The van der Waals surface area contributed by atoms with Crippen molar-refractivity contribution in [3.63, 3.8) is 0 Å². The van der Waals surface area contributed by atoms with Crippen LogP contribution in [0.2, 0.25) is 0 Å². The monoisotopic (exact) mass is 198 g/mol. The molecule has 0 aromatic rings. The fourth-order valence-electron chi connectivity index (χ4n) is 2.12. The molecule has 1 saturated carbocycles. The Morgan fingerprint density at radius 2 is 2.07 bits per heavy atom. The number of ether oxygens (including phenoxy) is 2. The van der Waals surface area contributed by atoms with Crippen molar-refractivity contribution in [2.45, 2.75) is 50.4 Å². The van der Waals surface area contributed by atoms with E-state index < -0.39 is 11.9 Å². The van der Waals surface area contributed by atoms with Gasteiger partial charge in [-0.3, -0.25) is 0 Å². The van der Waals surface area contributed by atoms with E-state index in [0.29, 0.717) is 6.29 Å². The molecule has 2 rings (SSSR count). The van der Waals surface area contributed by atoms with Crippen LogP contribution in [0.15, 0.2) is 0 Å². The molecule has 0 unspecified atom stereocenters. The Balaban J connectivity index is 2.02. The van der Waals surface area contributed by atoms with Crippen molar-refractivity contribution in [2.24, 2.45) is 0 Å². The maximum Gasteiger partial charge on any atom is 0.338 e. The van der Waals surface area contributed by atoms with Gasteiger partial charge in [0.05, 0.1) is 0 Å². The van der Waals surface area contributed by atoms with Crippen molar-refractivity contribution in [1.29, 1.82) is 0 Å². The van der Waals surface area contributed by atoms with Crippen LogP contribution in [0.1, 0.15) is 38.5 Å². The average Bonchev–Trinajstić information content (AvgIpc) is 2.45. The smallest absolute Gasteiger partial charge is 0.338 e. The van der Waals surface area contributed by atoms with Gasteiger partial charge in [-0.05, 0) is 12.8 Å². The van der Waals surface area contributed by atoms with Crippen LogP contribution in [0.25, 0.3) is 0 Å². The number of esters is 1. The molecular weight excluding hydrogens is 184 g/mol. The zero-order valence-electron chi connectivity index (χ0n) is 8.03. The minimum Gasteiger partial charge on any atom is -0.431 e. The third-order valence-corrected chi connectivity index (χ3v) is 2.83. The first-order valence-corrected chi connectivity index (χ1v) is 5.10. The van der Waals surface area contributed by atoms with Gasteiger partial charge in [0, 0.05) is 19.3 Å². The molecule has 4 heteroatoms. The molecule has 0 aromatic carbocycles. The summed E-state index contributed by atoms with van der Waals surface area (Å²) in [5, 5.41) is 0. The number of carbonyl (C=O) groups excluding carboxylic acids is 2. The molecule has 0 radical (unpaired) electrons. The number of hydrogen-bond donors (Lipinski definition) is 0. The second-order valence-electron chi connectivity index (χ2n) is 3.90. The van der Waals surface area contributed by atoms with E-state index in [-0.39, 0.29) is 12.4 Å². The summed E-state index contributed by atoms with van der Waals surface area (Å²) in [6, 6.07) is 0. The Kier molecular flexibility index (Phi) is 2.54. The standard InChI is InChI=1S/C10H14O4/c11-7-4-8-9(12)14-10(13-8)5-2-1-3-6-10/h7-8H,1-6H2/t8-/m0/s1. The van der Waals surface area contributed by atoms with Gasteiger partial charge in [0.25, 0.3) is 0 Å². The highest BCUT2D eigenvalue weighted by Gasteiger charge is 2.47. The highest BCUT2D eigenvalue weighted by Crippen LogP contribution is 2.38. The van der Waals surface area contributed by atoms with Gasteiger partial charge in [-0.2, -0.15) is 0 Å². The van der Waals surface area contributed by atoms with E-state index in [9.17, 15) is 9.59 Å². The van der Waals surface area contributed by atoms with Crippen molar-refractivity contribution in [3.8, 4) is 0 Å². The largest absolute Gasteiger partial charge is 0.431 e. The molecule has 1 heterocycles. The molecule has 0 amide bonds. The Hall–Kier alpha value is -0.900. The molecule has 1 aliphatic heterocycles. The van der Waals surface area contributed by atoms with Gasteiger partial charge in [0.2, 0.25) is 5.79 Å². The van der Waals surface area contributed by atoms with E-state index in [0.717, 1.165) is 25.7 Å². The molecule has 0 aromatic heterocycles. The lowest BCUT2D eigenvalue weighted by molar-refractivity contribution is -0.191. The Bertz CT molecular complexity index is 243. The molecular formula is C10H14O4. The van der Waals surface area contributed by atoms with Gasteiger partial charge in [0.1, 0.15) is 6.29 Å². The lowest BCUT2D eigenvalue weighted by Crippen LogP contribution is -2.33. The van der Waals surface area contributed by atoms with Crippen LogP contribution in [-0.2, 0) is 19.1 Å². The number of aldehydes is 1. The van der Waals surface area contributed by atoms with Crippen LogP contribution in [0.3, 0.4) is 0 Å². The highest BCUT2D eigenvalue weighted by molar-refractivity contribution is 5.79. The first-order chi connectivity index (χ1) is 6.76. The normalized spacial score (nSPS) is 30.3. The van der Waals surface area contributed by atoms with Crippen molar-refractivity contribution in [3.05, 3.63) is 0 Å². The fourth-order valence-corrected chi connectivity index (χ4v) is 2.12. The summed E-state index contributed by atoms with van der Waals surface area (Å²) in [6.45, 7) is 0. The zero-order chi connectivity index (χ0) is 10.0. The molecule has 2 aliphatic rings. The van der Waals surface area contributed by atoms with Crippen molar-refractivity contribution >= 4 is 12.3 Å². The van der Waals surface area contributed by atoms with Crippen LogP contribution in [0.5, 0.6) is 0 Å². The second kappa shape index (κ2) is 3.69. The van der Waals surface area contributed by atoms with Gasteiger partial charge >= 0.3 is 5.97 Å². The quantitative estimate of drug-likeness (QED) is 0.494. The summed E-state index contributed by atoms with van der Waals surface area (Å²) in [5.41, 5.74) is 0. The first kappa shape index (κ1) is 9.65. The summed E-state index contributed by atoms with van der Waals surface area (Å²) in [5.74, 6) is -1.07. The fraction of sp³-hybridized carbons (Fsp3) is 0.800. The minimum absolute atomic E-state index is 0.112. The molecule has 4 nitrogen and oxygen atoms in total. The Labute approximate surface area is 82.6 Å². The third-order valence-electron chi connectivity index (χ3n) is 2.83. The van der Waals surface area contributed by atoms with Crippen LogP contribution < -0.4 is 0 Å². The predicted octanol–water partition coefficient (Wildman–Crippen LogP) is 1.18. The molecule has 1 aliphatic carbocycles. The Morgan fingerprint density at radius 3 is 2.71 bits per heavy atom.